The largest absolute Gasteiger partial charge is 0.491 e. The van der Waals surface area contributed by atoms with Gasteiger partial charge >= 0.3 is 5.97 Å². The number of amides is 1. The molecule has 8 heteroatoms. The molecule has 3 rings (SSSR count). The molecule has 0 saturated carbocycles. The van der Waals surface area contributed by atoms with E-state index in [-0.39, 0.29) is 23.6 Å². The molecule has 1 unspecified atom stereocenters. The molecule has 36 heavy (non-hydrogen) atoms. The Morgan fingerprint density at radius 3 is 2.58 bits per heavy atom. The Bertz CT molecular complexity index is 996. The minimum absolute atomic E-state index is 0.0227. The molecule has 1 aliphatic carbocycles. The van der Waals surface area contributed by atoms with Crippen LogP contribution in [0.15, 0.2) is 59.4 Å². The predicted molar refractivity (Wildman–Crippen MR) is 141 cm³/mol. The van der Waals surface area contributed by atoms with E-state index in [4.69, 9.17) is 26.2 Å². The first-order chi connectivity index (χ1) is 17.2. The third-order valence-electron chi connectivity index (χ3n) is 6.96. The van der Waals surface area contributed by atoms with E-state index in [2.05, 4.69) is 17.1 Å². The number of likely N-dealkylation sites (N-methyl/N-ethyl adjacent to an activating group) is 1. The van der Waals surface area contributed by atoms with Gasteiger partial charge in [-0.3, -0.25) is 9.69 Å². The fourth-order valence-electron chi connectivity index (χ4n) is 4.61. The van der Waals surface area contributed by atoms with Crippen LogP contribution < -0.4 is 5.32 Å². The molecular weight excluding hydrogens is 480 g/mol. The molecule has 1 fully saturated rings. The van der Waals surface area contributed by atoms with Crippen LogP contribution in [0.5, 0.6) is 0 Å². The Morgan fingerprint density at radius 1 is 1.22 bits per heavy atom. The lowest BCUT2D eigenvalue weighted by molar-refractivity contribution is -0.140. The molecule has 1 aliphatic heterocycles. The fraction of sp³-hybridized carbons (Fsp3) is 0.500. The Labute approximate surface area is 218 Å². The number of carboxylic acid groups (broad SMARTS) is 1. The van der Waals surface area contributed by atoms with Gasteiger partial charge in [0.1, 0.15) is 11.3 Å². The molecule has 0 bridgehead atoms. The first kappa shape index (κ1) is 28.0. The van der Waals surface area contributed by atoms with Crippen molar-refractivity contribution in [3.8, 4) is 0 Å². The van der Waals surface area contributed by atoms with Crippen LogP contribution >= 0.6 is 11.6 Å². The monoisotopic (exact) mass is 516 g/mol. The van der Waals surface area contributed by atoms with Crippen molar-refractivity contribution in [3.05, 3.63) is 70.5 Å². The standard InChI is InChI=1S/C28H37ClN2O5/c1-20(36-25-8-4-7-24(29)13-14-25)6-5-17-31(3)28(15-18-35-19-16-28)27(34)30-21(2)22-9-11-23(12-10-22)26(32)33/h4,7-12,14,20-21H,5-6,13,15-19H2,1-3H3,(H,30,34)(H,32,33)/t20-,21?/m1/s1. The van der Waals surface area contributed by atoms with Gasteiger partial charge in [0.2, 0.25) is 5.91 Å². The van der Waals surface area contributed by atoms with Gasteiger partial charge in [0.25, 0.3) is 0 Å². The zero-order valence-corrected chi connectivity index (χ0v) is 22.1. The minimum Gasteiger partial charge on any atom is -0.491 e. The van der Waals surface area contributed by atoms with E-state index in [1.54, 1.807) is 24.3 Å². The number of allylic oxidation sites excluding steroid dienone is 5. The summed E-state index contributed by atoms with van der Waals surface area (Å²) in [5, 5.41) is 13.1. The summed E-state index contributed by atoms with van der Waals surface area (Å²) < 4.78 is 11.7. The quantitative estimate of drug-likeness (QED) is 0.420. The maximum absolute atomic E-state index is 13.6. The summed E-state index contributed by atoms with van der Waals surface area (Å²) in [6.07, 6.45) is 11.4. The van der Waals surface area contributed by atoms with E-state index >= 15 is 0 Å². The Hall–Kier alpha value is -2.61. The molecule has 7 nitrogen and oxygen atoms in total. The van der Waals surface area contributed by atoms with Gasteiger partial charge in [-0.25, -0.2) is 4.79 Å². The summed E-state index contributed by atoms with van der Waals surface area (Å²) in [5.74, 6) is -0.163. The number of hydrogen-bond acceptors (Lipinski definition) is 5. The highest BCUT2D eigenvalue weighted by molar-refractivity contribution is 6.29. The van der Waals surface area contributed by atoms with Crippen LogP contribution in [0.25, 0.3) is 0 Å². The number of nitrogens with zero attached hydrogens (tertiary/aromatic N) is 1. The van der Waals surface area contributed by atoms with Crippen molar-refractivity contribution in [1.29, 1.82) is 0 Å². The second kappa shape index (κ2) is 13.1. The first-order valence-corrected chi connectivity index (χ1v) is 12.9. The number of nitrogens with one attached hydrogen (secondary N) is 1. The number of hydrogen-bond donors (Lipinski definition) is 2. The number of ether oxygens (including phenoxy) is 2. The number of carbonyl (C=O) groups excluding carboxylic acids is 1. The van der Waals surface area contributed by atoms with E-state index in [1.165, 1.54) is 0 Å². The summed E-state index contributed by atoms with van der Waals surface area (Å²) in [5.41, 5.74) is 0.442. The Morgan fingerprint density at radius 2 is 1.92 bits per heavy atom. The first-order valence-electron chi connectivity index (χ1n) is 12.5. The maximum Gasteiger partial charge on any atom is 0.335 e. The molecule has 0 aromatic heterocycles. The Balaban J connectivity index is 1.56. The van der Waals surface area contributed by atoms with Crippen LogP contribution in [0.2, 0.25) is 0 Å². The summed E-state index contributed by atoms with van der Waals surface area (Å²) in [4.78, 5) is 26.9. The lowest BCUT2D eigenvalue weighted by Gasteiger charge is -2.43. The molecule has 2 atom stereocenters. The second-order valence-corrected chi connectivity index (χ2v) is 10.0. The molecule has 1 amide bonds. The van der Waals surface area contributed by atoms with Crippen LogP contribution in [0.1, 0.15) is 67.9 Å². The molecule has 1 aromatic carbocycles. The van der Waals surface area contributed by atoms with Crippen molar-refractivity contribution in [2.45, 2.75) is 63.6 Å². The molecule has 2 aliphatic rings. The van der Waals surface area contributed by atoms with Crippen molar-refractivity contribution < 1.29 is 24.2 Å². The van der Waals surface area contributed by atoms with Gasteiger partial charge in [0.15, 0.2) is 0 Å². The normalized spacial score (nSPS) is 19.0. The van der Waals surface area contributed by atoms with Crippen LogP contribution in [-0.4, -0.2) is 60.3 Å². The van der Waals surface area contributed by atoms with Crippen molar-refractivity contribution in [2.75, 3.05) is 26.8 Å². The average Bonchev–Trinajstić information content (AvgIpc) is 3.07. The topological polar surface area (TPSA) is 88.1 Å². The van der Waals surface area contributed by atoms with E-state index in [9.17, 15) is 9.59 Å². The zero-order valence-electron chi connectivity index (χ0n) is 21.3. The average molecular weight is 517 g/mol. The number of halogens is 1. The second-order valence-electron chi connectivity index (χ2n) is 9.54. The van der Waals surface area contributed by atoms with Gasteiger partial charge in [-0.1, -0.05) is 29.8 Å². The molecule has 2 N–H and O–H groups in total. The molecule has 1 saturated heterocycles. The molecule has 1 aromatic rings. The molecule has 0 spiro atoms. The van der Waals surface area contributed by atoms with E-state index < -0.39 is 11.5 Å². The number of rotatable bonds is 11. The van der Waals surface area contributed by atoms with E-state index in [0.29, 0.717) is 32.5 Å². The SMILES string of the molecule is CC(NC(=O)C1(N(C)CCC[C@@H](C)OC2=CCC(Cl)=CC=C2)CCOCC1)c1ccc(C(=O)O)cc1. The Kier molecular flexibility index (Phi) is 10.2. The summed E-state index contributed by atoms with van der Waals surface area (Å²) in [6.45, 7) is 5.80. The smallest absolute Gasteiger partial charge is 0.335 e. The van der Waals surface area contributed by atoms with Gasteiger partial charge in [0, 0.05) is 24.7 Å². The van der Waals surface area contributed by atoms with Gasteiger partial charge in [-0.2, -0.15) is 0 Å². The van der Waals surface area contributed by atoms with E-state index in [1.807, 2.05) is 38.3 Å². The third kappa shape index (κ3) is 7.45. The highest BCUT2D eigenvalue weighted by atomic mass is 35.5. The molecule has 1 heterocycles. The lowest BCUT2D eigenvalue weighted by atomic mass is 9.86. The van der Waals surface area contributed by atoms with Crippen LogP contribution in [0.3, 0.4) is 0 Å². The van der Waals surface area contributed by atoms with Gasteiger partial charge in [-0.05, 0) is 89.0 Å². The highest BCUT2D eigenvalue weighted by Gasteiger charge is 2.43. The summed E-state index contributed by atoms with van der Waals surface area (Å²) >= 11 is 6.08. The van der Waals surface area contributed by atoms with Crippen molar-refractivity contribution in [3.63, 3.8) is 0 Å². The summed E-state index contributed by atoms with van der Waals surface area (Å²) in [7, 11) is 2.01. The summed E-state index contributed by atoms with van der Waals surface area (Å²) in [6, 6.07) is 6.38. The number of benzene rings is 1. The third-order valence-corrected chi connectivity index (χ3v) is 7.24. The van der Waals surface area contributed by atoms with Crippen molar-refractivity contribution >= 4 is 23.5 Å². The van der Waals surface area contributed by atoms with Crippen LogP contribution in [0.4, 0.5) is 0 Å². The fourth-order valence-corrected chi connectivity index (χ4v) is 4.76. The van der Waals surface area contributed by atoms with Crippen LogP contribution in [-0.2, 0) is 14.3 Å². The number of aromatic carboxylic acids is 1. The minimum atomic E-state index is -0.968. The van der Waals surface area contributed by atoms with Crippen LogP contribution in [0, 0.1) is 0 Å². The maximum atomic E-state index is 13.6. The van der Waals surface area contributed by atoms with Gasteiger partial charge in [0.05, 0.1) is 17.7 Å². The van der Waals surface area contributed by atoms with Gasteiger partial charge in [-0.15, -0.1) is 0 Å². The van der Waals surface area contributed by atoms with E-state index in [0.717, 1.165) is 35.7 Å². The number of carboxylic acids is 1. The predicted octanol–water partition coefficient (Wildman–Crippen LogP) is 5.19. The van der Waals surface area contributed by atoms with Crippen molar-refractivity contribution in [1.82, 2.24) is 10.2 Å². The van der Waals surface area contributed by atoms with Gasteiger partial charge < -0.3 is 19.9 Å². The number of carbonyl (C=O) groups is 2. The molecular formula is C28H37ClN2O5. The van der Waals surface area contributed by atoms with Crippen molar-refractivity contribution in [2.24, 2.45) is 0 Å². The highest BCUT2D eigenvalue weighted by Crippen LogP contribution is 2.29. The lowest BCUT2D eigenvalue weighted by Crippen LogP contribution is -2.60. The molecule has 0 radical (unpaired) electrons. The zero-order chi connectivity index (χ0) is 26.1. The molecule has 196 valence electrons.